The summed E-state index contributed by atoms with van der Waals surface area (Å²) in [6.07, 6.45) is 1.43. The Kier molecular flexibility index (Phi) is 2.07. The van der Waals surface area contributed by atoms with Crippen LogP contribution in [0.25, 0.3) is 0 Å². The number of nitrogens with zero attached hydrogens (tertiary/aromatic N) is 2. The summed E-state index contributed by atoms with van der Waals surface area (Å²) in [4.78, 5) is 12.4. The topological polar surface area (TPSA) is 55.6 Å². The number of ether oxygens (including phenoxy) is 1. The van der Waals surface area contributed by atoms with Gasteiger partial charge in [-0.05, 0) is 18.6 Å². The van der Waals surface area contributed by atoms with Crippen LogP contribution in [0.15, 0.2) is 24.3 Å². The molecule has 0 spiro atoms. The molecular weight excluding hydrogens is 208 g/mol. The van der Waals surface area contributed by atoms with E-state index in [9.17, 15) is 10.1 Å². The summed E-state index contributed by atoms with van der Waals surface area (Å²) < 4.78 is 5.52. The average molecular weight is 220 g/mol. The number of anilines is 1. The molecule has 0 aliphatic carbocycles. The number of nitro benzene ring substituents is 1. The molecule has 0 saturated carbocycles. The summed E-state index contributed by atoms with van der Waals surface area (Å²) in [5.74, 6) is 0. The molecule has 5 nitrogen and oxygen atoms in total. The van der Waals surface area contributed by atoms with Gasteiger partial charge >= 0.3 is 0 Å². The minimum Gasteiger partial charge on any atom is -0.374 e. The van der Waals surface area contributed by atoms with Crippen LogP contribution in [-0.4, -0.2) is 30.2 Å². The largest absolute Gasteiger partial charge is 0.374 e. The van der Waals surface area contributed by atoms with Crippen LogP contribution in [0.1, 0.15) is 6.42 Å². The second kappa shape index (κ2) is 3.45. The zero-order chi connectivity index (χ0) is 11.1. The van der Waals surface area contributed by atoms with E-state index in [1.807, 2.05) is 12.1 Å². The second-order valence-electron chi connectivity index (χ2n) is 4.27. The van der Waals surface area contributed by atoms with E-state index in [0.29, 0.717) is 12.1 Å². The van der Waals surface area contributed by atoms with E-state index < -0.39 is 0 Å². The molecule has 1 aromatic rings. The molecule has 2 heterocycles. The maximum absolute atomic E-state index is 10.5. The van der Waals surface area contributed by atoms with Crippen molar-refractivity contribution in [1.82, 2.24) is 0 Å². The Labute approximate surface area is 92.8 Å². The third-order valence-electron chi connectivity index (χ3n) is 3.29. The molecule has 16 heavy (non-hydrogen) atoms. The van der Waals surface area contributed by atoms with Crippen LogP contribution in [0.3, 0.4) is 0 Å². The van der Waals surface area contributed by atoms with Gasteiger partial charge in [-0.3, -0.25) is 10.1 Å². The molecule has 0 unspecified atom stereocenters. The normalized spacial score (nSPS) is 27.4. The number of fused-ring (bicyclic) bond motifs is 2. The number of rotatable bonds is 2. The first-order valence-corrected chi connectivity index (χ1v) is 5.37. The van der Waals surface area contributed by atoms with E-state index in [0.717, 1.165) is 25.3 Å². The highest BCUT2D eigenvalue weighted by Crippen LogP contribution is 2.32. The van der Waals surface area contributed by atoms with Gasteiger partial charge in [0, 0.05) is 24.4 Å². The van der Waals surface area contributed by atoms with Crippen LogP contribution < -0.4 is 4.90 Å². The SMILES string of the molecule is O=[N+]([O-])c1ccc(N2C[C@@H]3C[C@H]2CO3)cc1. The first kappa shape index (κ1) is 9.59. The van der Waals surface area contributed by atoms with Gasteiger partial charge in [-0.1, -0.05) is 0 Å². The van der Waals surface area contributed by atoms with Gasteiger partial charge in [0.05, 0.1) is 23.7 Å². The summed E-state index contributed by atoms with van der Waals surface area (Å²) >= 11 is 0. The molecular formula is C11H12N2O3. The Morgan fingerprint density at radius 2 is 2.12 bits per heavy atom. The number of hydrogen-bond acceptors (Lipinski definition) is 4. The predicted octanol–water partition coefficient (Wildman–Crippen LogP) is 1.57. The lowest BCUT2D eigenvalue weighted by Gasteiger charge is -2.28. The van der Waals surface area contributed by atoms with Crippen molar-refractivity contribution in [2.24, 2.45) is 0 Å². The summed E-state index contributed by atoms with van der Waals surface area (Å²) in [7, 11) is 0. The average Bonchev–Trinajstić information content (AvgIpc) is 2.91. The highest BCUT2D eigenvalue weighted by molar-refractivity contribution is 5.53. The van der Waals surface area contributed by atoms with Gasteiger partial charge in [0.25, 0.3) is 5.69 Å². The molecule has 0 aromatic heterocycles. The van der Waals surface area contributed by atoms with E-state index in [1.165, 1.54) is 0 Å². The fourth-order valence-corrected chi connectivity index (χ4v) is 2.48. The fraction of sp³-hybridized carbons (Fsp3) is 0.455. The van der Waals surface area contributed by atoms with Gasteiger partial charge in [0.1, 0.15) is 0 Å². The van der Waals surface area contributed by atoms with Crippen molar-refractivity contribution in [2.75, 3.05) is 18.1 Å². The molecule has 0 amide bonds. The number of hydrogen-bond donors (Lipinski definition) is 0. The van der Waals surface area contributed by atoms with E-state index >= 15 is 0 Å². The highest BCUT2D eigenvalue weighted by Gasteiger charge is 2.38. The molecule has 0 radical (unpaired) electrons. The maximum Gasteiger partial charge on any atom is 0.269 e. The zero-order valence-electron chi connectivity index (χ0n) is 8.70. The third-order valence-corrected chi connectivity index (χ3v) is 3.29. The standard InChI is InChI=1S/C11H12N2O3/c14-13(15)9-3-1-8(2-4-9)12-6-11-5-10(12)7-16-11/h1-4,10-11H,5-7H2/t10-,11-/m0/s1. The molecule has 2 bridgehead atoms. The number of non-ortho nitro benzene ring substituents is 1. The summed E-state index contributed by atoms with van der Waals surface area (Å²) in [6, 6.07) is 7.20. The van der Waals surface area contributed by atoms with Gasteiger partial charge < -0.3 is 9.64 Å². The summed E-state index contributed by atoms with van der Waals surface area (Å²) in [5, 5.41) is 10.5. The molecule has 5 heteroatoms. The van der Waals surface area contributed by atoms with Crippen LogP contribution in [0.5, 0.6) is 0 Å². The number of benzene rings is 1. The van der Waals surface area contributed by atoms with E-state index in [2.05, 4.69) is 4.90 Å². The molecule has 2 atom stereocenters. The van der Waals surface area contributed by atoms with E-state index in [4.69, 9.17) is 4.74 Å². The lowest BCUT2D eigenvalue weighted by molar-refractivity contribution is -0.384. The molecule has 1 aromatic carbocycles. The molecule has 0 N–H and O–H groups in total. The molecule has 2 fully saturated rings. The van der Waals surface area contributed by atoms with E-state index in [-0.39, 0.29) is 10.6 Å². The number of nitro groups is 1. The molecule has 2 aliphatic rings. The van der Waals surface area contributed by atoms with Crippen LogP contribution in [-0.2, 0) is 4.74 Å². The molecule has 84 valence electrons. The fourth-order valence-electron chi connectivity index (χ4n) is 2.48. The Morgan fingerprint density at radius 3 is 2.62 bits per heavy atom. The van der Waals surface area contributed by atoms with Gasteiger partial charge in [-0.25, -0.2) is 0 Å². The molecule has 3 rings (SSSR count). The lowest BCUT2D eigenvalue weighted by atomic mass is 10.2. The van der Waals surface area contributed by atoms with Gasteiger partial charge in [0.15, 0.2) is 0 Å². The Hall–Kier alpha value is -1.62. The maximum atomic E-state index is 10.5. The minimum absolute atomic E-state index is 0.143. The summed E-state index contributed by atoms with van der Waals surface area (Å²) in [5.41, 5.74) is 1.20. The van der Waals surface area contributed by atoms with Crippen LogP contribution in [0.2, 0.25) is 0 Å². The first-order chi connectivity index (χ1) is 7.74. The van der Waals surface area contributed by atoms with E-state index in [1.54, 1.807) is 12.1 Å². The van der Waals surface area contributed by atoms with Gasteiger partial charge in [0.2, 0.25) is 0 Å². The lowest BCUT2D eigenvalue weighted by Crippen LogP contribution is -2.36. The van der Waals surface area contributed by atoms with Crippen LogP contribution in [0, 0.1) is 10.1 Å². The van der Waals surface area contributed by atoms with Gasteiger partial charge in [-0.15, -0.1) is 0 Å². The minimum atomic E-state index is -0.372. The van der Waals surface area contributed by atoms with Crippen molar-refractivity contribution in [3.8, 4) is 0 Å². The van der Waals surface area contributed by atoms with Crippen molar-refractivity contribution < 1.29 is 9.66 Å². The van der Waals surface area contributed by atoms with Crippen molar-refractivity contribution >= 4 is 11.4 Å². The first-order valence-electron chi connectivity index (χ1n) is 5.37. The van der Waals surface area contributed by atoms with Gasteiger partial charge in [-0.2, -0.15) is 0 Å². The Morgan fingerprint density at radius 1 is 1.38 bits per heavy atom. The monoisotopic (exact) mass is 220 g/mol. The van der Waals surface area contributed by atoms with Crippen molar-refractivity contribution in [1.29, 1.82) is 0 Å². The van der Waals surface area contributed by atoms with Crippen molar-refractivity contribution in [3.05, 3.63) is 34.4 Å². The summed E-state index contributed by atoms with van der Waals surface area (Å²) in [6.45, 7) is 1.68. The number of morpholine rings is 1. The van der Waals surface area contributed by atoms with Crippen molar-refractivity contribution in [2.45, 2.75) is 18.6 Å². The highest BCUT2D eigenvalue weighted by atomic mass is 16.6. The predicted molar refractivity (Wildman–Crippen MR) is 58.6 cm³/mol. The van der Waals surface area contributed by atoms with Crippen LogP contribution in [0.4, 0.5) is 11.4 Å². The molecule has 2 saturated heterocycles. The van der Waals surface area contributed by atoms with Crippen LogP contribution >= 0.6 is 0 Å². The third kappa shape index (κ3) is 1.44. The Balaban J connectivity index is 1.82. The molecule has 2 aliphatic heterocycles. The second-order valence-corrected chi connectivity index (χ2v) is 4.27. The quantitative estimate of drug-likeness (QED) is 0.560. The smallest absolute Gasteiger partial charge is 0.269 e. The van der Waals surface area contributed by atoms with Crippen molar-refractivity contribution in [3.63, 3.8) is 0 Å². The zero-order valence-corrected chi connectivity index (χ0v) is 8.70. The Bertz CT molecular complexity index is 418.